The molecule has 6 heteroatoms. The van der Waals surface area contributed by atoms with Gasteiger partial charge in [0.1, 0.15) is 11.5 Å². The van der Waals surface area contributed by atoms with Crippen LogP contribution in [0.2, 0.25) is 0 Å². The fourth-order valence-corrected chi connectivity index (χ4v) is 3.73. The zero-order chi connectivity index (χ0) is 16.9. The van der Waals surface area contributed by atoms with Gasteiger partial charge in [0, 0.05) is 38.8 Å². The first-order chi connectivity index (χ1) is 11.7. The monoisotopic (exact) mass is 331 g/mol. The lowest BCUT2D eigenvalue weighted by Crippen LogP contribution is -2.46. The average Bonchev–Trinajstić information content (AvgIpc) is 2.67. The Balaban J connectivity index is 1.64. The Morgan fingerprint density at radius 1 is 1.08 bits per heavy atom. The smallest absolute Gasteiger partial charge is 0.274 e. The lowest BCUT2D eigenvalue weighted by Gasteiger charge is -2.35. The van der Waals surface area contributed by atoms with Crippen molar-refractivity contribution in [3.63, 3.8) is 0 Å². The number of hydrogen-bond donors (Lipinski definition) is 0. The molecule has 2 aliphatic heterocycles. The van der Waals surface area contributed by atoms with Crippen molar-refractivity contribution in [2.45, 2.75) is 45.6 Å². The SMILES string of the molecule is CCC1CCCCN1C(=O)c1cnc(N2CCN(CC)CC2)cn1. The first kappa shape index (κ1) is 17.1. The standard InChI is InChI=1S/C18H29N5O/c1-3-15-7-5-6-8-23(15)18(24)16-13-20-17(14-19-16)22-11-9-21(4-2)10-12-22/h13-15H,3-12H2,1-2H3. The normalized spacial score (nSPS) is 22.7. The first-order valence-corrected chi connectivity index (χ1v) is 9.33. The van der Waals surface area contributed by atoms with Crippen LogP contribution >= 0.6 is 0 Å². The highest BCUT2D eigenvalue weighted by atomic mass is 16.2. The van der Waals surface area contributed by atoms with E-state index in [1.165, 1.54) is 6.42 Å². The van der Waals surface area contributed by atoms with Crippen LogP contribution in [0.4, 0.5) is 5.82 Å². The van der Waals surface area contributed by atoms with Gasteiger partial charge in [-0.3, -0.25) is 4.79 Å². The molecule has 2 saturated heterocycles. The number of likely N-dealkylation sites (N-methyl/N-ethyl adjacent to an activating group) is 1. The Morgan fingerprint density at radius 3 is 2.50 bits per heavy atom. The van der Waals surface area contributed by atoms with E-state index in [0.29, 0.717) is 11.7 Å². The molecule has 132 valence electrons. The van der Waals surface area contributed by atoms with Crippen LogP contribution in [0.25, 0.3) is 0 Å². The number of hydrogen-bond acceptors (Lipinski definition) is 5. The number of carbonyl (C=O) groups is 1. The number of likely N-dealkylation sites (tertiary alicyclic amines) is 1. The fraction of sp³-hybridized carbons (Fsp3) is 0.722. The van der Waals surface area contributed by atoms with E-state index in [2.05, 4.69) is 33.6 Å². The van der Waals surface area contributed by atoms with Crippen LogP contribution in [0, 0.1) is 0 Å². The molecule has 3 rings (SSSR count). The number of amides is 1. The highest BCUT2D eigenvalue weighted by Crippen LogP contribution is 2.21. The van der Waals surface area contributed by atoms with Gasteiger partial charge in [0.05, 0.1) is 12.4 Å². The van der Waals surface area contributed by atoms with Crippen LogP contribution < -0.4 is 4.90 Å². The Hall–Kier alpha value is -1.69. The van der Waals surface area contributed by atoms with E-state index >= 15 is 0 Å². The molecule has 1 atom stereocenters. The van der Waals surface area contributed by atoms with Crippen LogP contribution in [0.3, 0.4) is 0 Å². The predicted octanol–water partition coefficient (Wildman–Crippen LogP) is 2.02. The summed E-state index contributed by atoms with van der Waals surface area (Å²) >= 11 is 0. The summed E-state index contributed by atoms with van der Waals surface area (Å²) in [6, 6.07) is 0.356. The third-order valence-corrected chi connectivity index (χ3v) is 5.36. The van der Waals surface area contributed by atoms with Gasteiger partial charge < -0.3 is 14.7 Å². The molecule has 1 amide bonds. The van der Waals surface area contributed by atoms with Crippen LogP contribution in [0.5, 0.6) is 0 Å². The van der Waals surface area contributed by atoms with Gasteiger partial charge in [0.25, 0.3) is 5.91 Å². The predicted molar refractivity (Wildman–Crippen MR) is 95.3 cm³/mol. The van der Waals surface area contributed by atoms with Gasteiger partial charge in [0.2, 0.25) is 0 Å². The van der Waals surface area contributed by atoms with Crippen molar-refractivity contribution in [3.8, 4) is 0 Å². The van der Waals surface area contributed by atoms with Crippen LogP contribution in [-0.2, 0) is 0 Å². The maximum absolute atomic E-state index is 12.7. The maximum Gasteiger partial charge on any atom is 0.274 e. The molecule has 1 aromatic rings. The molecule has 2 fully saturated rings. The fourth-order valence-electron chi connectivity index (χ4n) is 3.73. The molecule has 3 heterocycles. The Morgan fingerprint density at radius 2 is 1.88 bits per heavy atom. The zero-order valence-corrected chi connectivity index (χ0v) is 14.9. The second-order valence-electron chi connectivity index (χ2n) is 6.74. The largest absolute Gasteiger partial charge is 0.353 e. The van der Waals surface area contributed by atoms with Crippen molar-refractivity contribution in [1.82, 2.24) is 19.8 Å². The number of aromatic nitrogens is 2. The summed E-state index contributed by atoms with van der Waals surface area (Å²) in [5.41, 5.74) is 0.478. The van der Waals surface area contributed by atoms with Crippen molar-refractivity contribution in [2.75, 3.05) is 44.2 Å². The van der Waals surface area contributed by atoms with Crippen LogP contribution in [0.15, 0.2) is 12.4 Å². The molecular formula is C18H29N5O. The topological polar surface area (TPSA) is 52.6 Å². The lowest BCUT2D eigenvalue weighted by atomic mass is 10.00. The first-order valence-electron chi connectivity index (χ1n) is 9.33. The summed E-state index contributed by atoms with van der Waals surface area (Å²) in [5, 5.41) is 0. The van der Waals surface area contributed by atoms with Gasteiger partial charge in [-0.05, 0) is 32.2 Å². The Bertz CT molecular complexity index is 539. The van der Waals surface area contributed by atoms with Crippen molar-refractivity contribution in [2.24, 2.45) is 0 Å². The molecule has 6 nitrogen and oxygen atoms in total. The molecule has 24 heavy (non-hydrogen) atoms. The lowest BCUT2D eigenvalue weighted by molar-refractivity contribution is 0.0601. The van der Waals surface area contributed by atoms with E-state index in [1.807, 2.05) is 4.90 Å². The van der Waals surface area contributed by atoms with Crippen LogP contribution in [-0.4, -0.2) is 71.0 Å². The Labute approximate surface area is 144 Å². The van der Waals surface area contributed by atoms with Crippen molar-refractivity contribution in [3.05, 3.63) is 18.1 Å². The van der Waals surface area contributed by atoms with Crippen LogP contribution in [0.1, 0.15) is 50.0 Å². The number of nitrogens with zero attached hydrogens (tertiary/aromatic N) is 5. The van der Waals surface area contributed by atoms with E-state index in [1.54, 1.807) is 12.4 Å². The summed E-state index contributed by atoms with van der Waals surface area (Å²) in [5.74, 6) is 0.921. The highest BCUT2D eigenvalue weighted by molar-refractivity contribution is 5.92. The molecule has 1 unspecified atom stereocenters. The van der Waals surface area contributed by atoms with Gasteiger partial charge in [-0.2, -0.15) is 0 Å². The summed E-state index contributed by atoms with van der Waals surface area (Å²) in [6.07, 6.45) is 7.85. The molecular weight excluding hydrogens is 302 g/mol. The van der Waals surface area contributed by atoms with Crippen molar-refractivity contribution >= 4 is 11.7 Å². The van der Waals surface area contributed by atoms with Gasteiger partial charge in [-0.1, -0.05) is 13.8 Å². The molecule has 0 spiro atoms. The molecule has 0 aromatic carbocycles. The molecule has 0 aliphatic carbocycles. The molecule has 0 N–H and O–H groups in total. The summed E-state index contributed by atoms with van der Waals surface area (Å²) in [7, 11) is 0. The quantitative estimate of drug-likeness (QED) is 0.845. The molecule has 0 bridgehead atoms. The van der Waals surface area contributed by atoms with Gasteiger partial charge in [-0.25, -0.2) is 9.97 Å². The van der Waals surface area contributed by atoms with Gasteiger partial charge >= 0.3 is 0 Å². The number of piperidine rings is 1. The minimum Gasteiger partial charge on any atom is -0.353 e. The minimum absolute atomic E-state index is 0.0383. The number of anilines is 1. The van der Waals surface area contributed by atoms with Gasteiger partial charge in [-0.15, -0.1) is 0 Å². The highest BCUT2D eigenvalue weighted by Gasteiger charge is 2.27. The summed E-state index contributed by atoms with van der Waals surface area (Å²) in [4.78, 5) is 28.4. The van der Waals surface area contributed by atoms with Crippen molar-refractivity contribution in [1.29, 1.82) is 0 Å². The maximum atomic E-state index is 12.7. The van der Waals surface area contributed by atoms with Crippen molar-refractivity contribution < 1.29 is 4.79 Å². The van der Waals surface area contributed by atoms with E-state index in [9.17, 15) is 4.79 Å². The molecule has 1 aromatic heterocycles. The van der Waals surface area contributed by atoms with E-state index in [-0.39, 0.29) is 5.91 Å². The summed E-state index contributed by atoms with van der Waals surface area (Å²) in [6.45, 7) is 10.4. The third kappa shape index (κ3) is 3.69. The van der Waals surface area contributed by atoms with E-state index < -0.39 is 0 Å². The molecule has 2 aliphatic rings. The van der Waals surface area contributed by atoms with Gasteiger partial charge in [0.15, 0.2) is 0 Å². The second kappa shape index (κ2) is 7.92. The number of carbonyl (C=O) groups excluding carboxylic acids is 1. The second-order valence-corrected chi connectivity index (χ2v) is 6.74. The summed E-state index contributed by atoms with van der Waals surface area (Å²) < 4.78 is 0. The average molecular weight is 331 g/mol. The number of rotatable bonds is 4. The van der Waals surface area contributed by atoms with E-state index in [0.717, 1.165) is 64.3 Å². The van der Waals surface area contributed by atoms with E-state index in [4.69, 9.17) is 0 Å². The Kier molecular flexibility index (Phi) is 5.66. The third-order valence-electron chi connectivity index (χ3n) is 5.36. The molecule has 0 saturated carbocycles. The number of piperazine rings is 1. The zero-order valence-electron chi connectivity index (χ0n) is 14.9. The molecule has 0 radical (unpaired) electrons. The minimum atomic E-state index is 0.0383.